The molecule has 2 aliphatic heterocycles. The van der Waals surface area contributed by atoms with Crippen molar-refractivity contribution >= 4 is 55.1 Å². The molecule has 0 bridgehead atoms. The minimum Gasteiger partial charge on any atom is -0.374 e. The molecule has 2 aliphatic rings. The van der Waals surface area contributed by atoms with E-state index in [0.29, 0.717) is 0 Å². The monoisotopic (exact) mass is 758 g/mol. The number of ether oxygens (including phenoxy) is 2. The first-order chi connectivity index (χ1) is 21.4. The lowest BCUT2D eigenvalue weighted by atomic mass is 10.1. The minimum atomic E-state index is 0.152. The molecule has 0 unspecified atom stereocenters. The number of alkyl halides is 2. The van der Waals surface area contributed by atoms with Crippen molar-refractivity contribution in [3.05, 3.63) is 141 Å². The summed E-state index contributed by atoms with van der Waals surface area (Å²) >= 11 is 19.5. The summed E-state index contributed by atoms with van der Waals surface area (Å²) in [5.74, 6) is 0. The van der Waals surface area contributed by atoms with Crippen LogP contribution in [0.4, 0.5) is 0 Å². The van der Waals surface area contributed by atoms with Gasteiger partial charge in [-0.2, -0.15) is 0 Å². The predicted molar refractivity (Wildman–Crippen MR) is 189 cm³/mol. The summed E-state index contributed by atoms with van der Waals surface area (Å²) in [6.45, 7) is 7.29. The third kappa shape index (κ3) is 10.1. The number of rotatable bonds is 8. The number of hydrogen-bond donors (Lipinski definition) is 0. The first-order valence-corrected chi connectivity index (χ1v) is 17.6. The molecule has 2 heterocycles. The van der Waals surface area contributed by atoms with E-state index in [1.165, 1.54) is 22.3 Å². The Bertz CT molecular complexity index is 1290. The molecule has 0 amide bonds. The zero-order valence-electron chi connectivity index (χ0n) is 24.6. The predicted octanol–water partition coefficient (Wildman–Crippen LogP) is 9.35. The van der Waals surface area contributed by atoms with E-state index in [0.717, 1.165) is 62.5 Å². The van der Waals surface area contributed by atoms with Gasteiger partial charge < -0.3 is 9.47 Å². The number of benzene rings is 4. The summed E-state index contributed by atoms with van der Waals surface area (Å²) in [4.78, 5) is 5.27. The van der Waals surface area contributed by atoms with E-state index in [-0.39, 0.29) is 21.9 Å². The topological polar surface area (TPSA) is 24.9 Å². The Labute approximate surface area is 288 Å². The quantitative estimate of drug-likeness (QED) is 0.167. The fourth-order valence-corrected chi connectivity index (χ4v) is 7.01. The SMILES string of the molecule is Clc1ccc([C@@H](Br)[C@@H]2CN(Cc3ccccc3)CCO2)cc1.Clc1ccc([C@H](Br)[C@H]2CN(Cc3ccccc3)CCO2)cc1. The van der Waals surface area contributed by atoms with Gasteiger partial charge in [0.2, 0.25) is 0 Å². The maximum Gasteiger partial charge on any atom is 0.0868 e. The Kier molecular flexibility index (Phi) is 13.2. The highest BCUT2D eigenvalue weighted by Gasteiger charge is 2.28. The van der Waals surface area contributed by atoms with Crippen LogP contribution in [0.5, 0.6) is 0 Å². The van der Waals surface area contributed by atoms with Gasteiger partial charge in [0, 0.05) is 49.3 Å². The average molecular weight is 761 g/mol. The van der Waals surface area contributed by atoms with Crippen molar-refractivity contribution in [3.63, 3.8) is 0 Å². The lowest BCUT2D eigenvalue weighted by Gasteiger charge is -2.35. The molecule has 0 spiro atoms. The molecule has 2 saturated heterocycles. The molecule has 232 valence electrons. The second kappa shape index (κ2) is 17.3. The summed E-state index contributed by atoms with van der Waals surface area (Å²) < 4.78 is 11.9. The van der Waals surface area contributed by atoms with Crippen molar-refractivity contribution in [1.29, 1.82) is 0 Å². The zero-order valence-corrected chi connectivity index (χ0v) is 29.3. The smallest absolute Gasteiger partial charge is 0.0868 e. The summed E-state index contributed by atoms with van der Waals surface area (Å²) in [5.41, 5.74) is 5.11. The molecule has 4 aromatic carbocycles. The third-order valence-electron chi connectivity index (χ3n) is 7.88. The van der Waals surface area contributed by atoms with Crippen LogP contribution >= 0.6 is 55.1 Å². The van der Waals surface area contributed by atoms with Gasteiger partial charge in [-0.3, -0.25) is 9.80 Å². The summed E-state index contributed by atoms with van der Waals surface area (Å²) in [6.07, 6.45) is 0.303. The molecule has 4 nitrogen and oxygen atoms in total. The molecule has 0 N–H and O–H groups in total. The van der Waals surface area contributed by atoms with Crippen LogP contribution in [0.25, 0.3) is 0 Å². The Morgan fingerprint density at radius 1 is 0.568 bits per heavy atom. The van der Waals surface area contributed by atoms with Gasteiger partial charge in [-0.05, 0) is 46.5 Å². The van der Waals surface area contributed by atoms with Gasteiger partial charge in [0.1, 0.15) is 0 Å². The van der Waals surface area contributed by atoms with Gasteiger partial charge in [0.25, 0.3) is 0 Å². The lowest BCUT2D eigenvalue weighted by Crippen LogP contribution is -2.43. The van der Waals surface area contributed by atoms with E-state index in [4.69, 9.17) is 32.7 Å². The first kappa shape index (κ1) is 33.6. The number of nitrogens with zero attached hydrogens (tertiary/aromatic N) is 2. The van der Waals surface area contributed by atoms with Crippen molar-refractivity contribution in [1.82, 2.24) is 9.80 Å². The van der Waals surface area contributed by atoms with Crippen LogP contribution in [-0.4, -0.2) is 61.4 Å². The van der Waals surface area contributed by atoms with Crippen molar-refractivity contribution in [3.8, 4) is 0 Å². The Balaban J connectivity index is 0.000000175. The summed E-state index contributed by atoms with van der Waals surface area (Å²) in [7, 11) is 0. The molecule has 0 aromatic heterocycles. The van der Waals surface area contributed by atoms with Gasteiger partial charge >= 0.3 is 0 Å². The van der Waals surface area contributed by atoms with E-state index >= 15 is 0 Å². The van der Waals surface area contributed by atoms with E-state index in [1.807, 2.05) is 24.3 Å². The Hall–Kier alpha value is -1.74. The van der Waals surface area contributed by atoms with Crippen LogP contribution in [-0.2, 0) is 22.6 Å². The molecule has 4 aromatic rings. The fraction of sp³-hybridized carbons (Fsp3) is 0.333. The van der Waals surface area contributed by atoms with E-state index in [1.54, 1.807) is 0 Å². The van der Waals surface area contributed by atoms with Crippen molar-refractivity contribution in [2.45, 2.75) is 35.0 Å². The van der Waals surface area contributed by atoms with Crippen molar-refractivity contribution in [2.75, 3.05) is 39.4 Å². The van der Waals surface area contributed by atoms with Gasteiger partial charge in [-0.1, -0.05) is 140 Å². The largest absolute Gasteiger partial charge is 0.374 e. The van der Waals surface area contributed by atoms with E-state index in [9.17, 15) is 0 Å². The zero-order chi connectivity index (χ0) is 30.7. The normalized spacial score (nSPS) is 20.7. The molecule has 4 atom stereocenters. The van der Waals surface area contributed by atoms with Gasteiger partial charge in [0.15, 0.2) is 0 Å². The average Bonchev–Trinajstić information content (AvgIpc) is 3.06. The Morgan fingerprint density at radius 3 is 1.30 bits per heavy atom. The first-order valence-electron chi connectivity index (χ1n) is 15.0. The van der Waals surface area contributed by atoms with E-state index < -0.39 is 0 Å². The minimum absolute atomic E-state index is 0.152. The summed E-state index contributed by atoms with van der Waals surface area (Å²) in [6, 6.07) is 37.1. The van der Waals surface area contributed by atoms with Crippen molar-refractivity contribution < 1.29 is 9.47 Å². The molecular formula is C36H38Br2Cl2N2O2. The molecular weight excluding hydrogens is 723 g/mol. The second-order valence-electron chi connectivity index (χ2n) is 11.2. The molecule has 8 heteroatoms. The molecule has 0 saturated carbocycles. The second-order valence-corrected chi connectivity index (χ2v) is 14.0. The lowest BCUT2D eigenvalue weighted by molar-refractivity contribution is -0.0311. The summed E-state index contributed by atoms with van der Waals surface area (Å²) in [5, 5.41) is 1.53. The molecule has 2 fully saturated rings. The molecule has 0 radical (unpaired) electrons. The van der Waals surface area contributed by atoms with Crippen LogP contribution in [0.2, 0.25) is 10.0 Å². The van der Waals surface area contributed by atoms with Crippen LogP contribution in [0.1, 0.15) is 31.9 Å². The highest BCUT2D eigenvalue weighted by Crippen LogP contribution is 2.33. The van der Waals surface area contributed by atoms with Crippen LogP contribution < -0.4 is 0 Å². The number of morpholine rings is 2. The van der Waals surface area contributed by atoms with Crippen molar-refractivity contribution in [2.24, 2.45) is 0 Å². The number of hydrogen-bond acceptors (Lipinski definition) is 4. The fourth-order valence-electron chi connectivity index (χ4n) is 5.51. The van der Waals surface area contributed by atoms with Gasteiger partial charge in [-0.25, -0.2) is 0 Å². The highest BCUT2D eigenvalue weighted by atomic mass is 79.9. The van der Waals surface area contributed by atoms with Crippen LogP contribution in [0.3, 0.4) is 0 Å². The third-order valence-corrected chi connectivity index (χ3v) is 10.6. The molecule has 44 heavy (non-hydrogen) atoms. The maximum atomic E-state index is 5.97. The van der Waals surface area contributed by atoms with Crippen LogP contribution in [0, 0.1) is 0 Å². The molecule has 6 rings (SSSR count). The van der Waals surface area contributed by atoms with Gasteiger partial charge in [0.05, 0.1) is 35.1 Å². The van der Waals surface area contributed by atoms with Crippen LogP contribution in [0.15, 0.2) is 109 Å². The maximum absolute atomic E-state index is 5.97. The van der Waals surface area contributed by atoms with E-state index in [2.05, 4.69) is 127 Å². The Morgan fingerprint density at radius 2 is 0.932 bits per heavy atom. The van der Waals surface area contributed by atoms with Gasteiger partial charge in [-0.15, -0.1) is 0 Å². The number of halogens is 4. The molecule has 0 aliphatic carbocycles. The highest BCUT2D eigenvalue weighted by molar-refractivity contribution is 9.09. The standard InChI is InChI=1S/2C18H19BrClNO/c2*19-18(15-6-8-16(20)9-7-15)17-13-21(10-11-22-17)12-14-4-2-1-3-5-14/h2*1-9,17-18H,10-13H2/t2*17-,18+/m10/s1.